The molecule has 0 bridgehead atoms. The van der Waals surface area contributed by atoms with Crippen LogP contribution in [0.3, 0.4) is 0 Å². The van der Waals surface area contributed by atoms with Gasteiger partial charge in [-0.3, -0.25) is 14.8 Å². The van der Waals surface area contributed by atoms with Gasteiger partial charge >= 0.3 is 0 Å². The van der Waals surface area contributed by atoms with E-state index in [2.05, 4.69) is 73.3 Å². The van der Waals surface area contributed by atoms with Gasteiger partial charge in [0.2, 0.25) is 0 Å². The molecular weight excluding hydrogens is 533 g/mol. The number of hydrogen-bond donors (Lipinski definition) is 2. The molecule has 0 spiro atoms. The molecule has 4 rings (SSSR count). The molecule has 0 radical (unpaired) electrons. The molecule has 1 atom stereocenters. The number of morpholine rings is 1. The predicted molar refractivity (Wildman–Crippen MR) is 144 cm³/mol. The number of hydrogen-bond acceptors (Lipinski definition) is 5. The van der Waals surface area contributed by atoms with E-state index in [1.54, 1.807) is 0 Å². The second-order valence-electron chi connectivity index (χ2n) is 8.31. The standard InChI is InChI=1S/C24H35N5OS.HI/c1-25-24(26-18-22(23-8-5-17-31-23)29-13-15-30-16-14-29)27-21-9-11-28(12-10-21)19-20-6-3-2-4-7-20;/h2-8,17,21-22H,9-16,18-19H2,1H3,(H2,25,26,27);1H. The summed E-state index contributed by atoms with van der Waals surface area (Å²) in [5, 5.41) is 9.43. The number of ether oxygens (including phenoxy) is 1. The number of rotatable bonds is 7. The highest BCUT2D eigenvalue weighted by Gasteiger charge is 2.25. The third-order valence-electron chi connectivity index (χ3n) is 6.22. The van der Waals surface area contributed by atoms with Gasteiger partial charge in [0.05, 0.1) is 19.3 Å². The van der Waals surface area contributed by atoms with Gasteiger partial charge in [-0.25, -0.2) is 0 Å². The Labute approximate surface area is 213 Å². The lowest BCUT2D eigenvalue weighted by atomic mass is 10.0. The monoisotopic (exact) mass is 569 g/mol. The molecule has 2 saturated heterocycles. The van der Waals surface area contributed by atoms with E-state index < -0.39 is 0 Å². The van der Waals surface area contributed by atoms with Crippen LogP contribution >= 0.6 is 35.3 Å². The Bertz CT molecular complexity index is 790. The van der Waals surface area contributed by atoms with E-state index in [1.807, 2.05) is 18.4 Å². The van der Waals surface area contributed by atoms with Crippen LogP contribution in [0.1, 0.15) is 29.3 Å². The normalized spacial score (nSPS) is 19.8. The number of piperidine rings is 1. The van der Waals surface area contributed by atoms with Gasteiger partial charge in [-0.05, 0) is 29.9 Å². The summed E-state index contributed by atoms with van der Waals surface area (Å²) < 4.78 is 5.56. The van der Waals surface area contributed by atoms with E-state index in [0.29, 0.717) is 12.1 Å². The summed E-state index contributed by atoms with van der Waals surface area (Å²) in [6.07, 6.45) is 2.29. The van der Waals surface area contributed by atoms with E-state index in [0.717, 1.165) is 71.3 Å². The van der Waals surface area contributed by atoms with Gasteiger partial charge in [0.15, 0.2) is 5.96 Å². The van der Waals surface area contributed by atoms with Crippen molar-refractivity contribution in [1.82, 2.24) is 20.4 Å². The number of nitrogens with zero attached hydrogens (tertiary/aromatic N) is 3. The zero-order valence-corrected chi connectivity index (χ0v) is 22.1. The molecule has 3 heterocycles. The first-order chi connectivity index (χ1) is 15.3. The molecule has 6 nitrogen and oxygen atoms in total. The molecule has 0 saturated carbocycles. The molecular formula is C24H36IN5OS. The third-order valence-corrected chi connectivity index (χ3v) is 7.20. The average Bonchev–Trinajstić information content (AvgIpc) is 3.36. The summed E-state index contributed by atoms with van der Waals surface area (Å²) in [6.45, 7) is 7.74. The molecule has 1 aromatic carbocycles. The molecule has 176 valence electrons. The van der Waals surface area contributed by atoms with Crippen LogP contribution in [0.5, 0.6) is 0 Å². The minimum atomic E-state index is 0. The van der Waals surface area contributed by atoms with Crippen LogP contribution in [0.15, 0.2) is 52.8 Å². The number of aliphatic imine (C=N–C) groups is 1. The highest BCUT2D eigenvalue weighted by molar-refractivity contribution is 14.0. The zero-order valence-electron chi connectivity index (χ0n) is 18.9. The van der Waals surface area contributed by atoms with Crippen molar-refractivity contribution in [1.29, 1.82) is 0 Å². The van der Waals surface area contributed by atoms with Crippen molar-refractivity contribution in [3.8, 4) is 0 Å². The lowest BCUT2D eigenvalue weighted by Crippen LogP contribution is -2.50. The number of benzene rings is 1. The van der Waals surface area contributed by atoms with Crippen molar-refractivity contribution in [3.63, 3.8) is 0 Å². The number of guanidine groups is 1. The van der Waals surface area contributed by atoms with Gasteiger partial charge in [0, 0.05) is 57.2 Å². The fraction of sp³-hybridized carbons (Fsp3) is 0.542. The van der Waals surface area contributed by atoms with Crippen molar-refractivity contribution in [2.24, 2.45) is 4.99 Å². The van der Waals surface area contributed by atoms with Gasteiger partial charge in [-0.2, -0.15) is 0 Å². The summed E-state index contributed by atoms with van der Waals surface area (Å²) in [6, 6.07) is 16.0. The van der Waals surface area contributed by atoms with Crippen LogP contribution in [0, 0.1) is 0 Å². The van der Waals surface area contributed by atoms with Gasteiger partial charge in [0.25, 0.3) is 0 Å². The van der Waals surface area contributed by atoms with Gasteiger partial charge < -0.3 is 15.4 Å². The van der Waals surface area contributed by atoms with Crippen molar-refractivity contribution in [2.75, 3.05) is 53.0 Å². The zero-order chi connectivity index (χ0) is 21.3. The summed E-state index contributed by atoms with van der Waals surface area (Å²) in [4.78, 5) is 11.0. The molecule has 2 N–H and O–H groups in total. The molecule has 2 fully saturated rings. The largest absolute Gasteiger partial charge is 0.379 e. The third kappa shape index (κ3) is 7.41. The molecule has 2 aromatic rings. The number of nitrogens with one attached hydrogen (secondary N) is 2. The molecule has 0 aliphatic carbocycles. The van der Waals surface area contributed by atoms with Crippen LogP contribution in [-0.2, 0) is 11.3 Å². The lowest BCUT2D eigenvalue weighted by molar-refractivity contribution is 0.0177. The molecule has 2 aliphatic heterocycles. The van der Waals surface area contributed by atoms with E-state index >= 15 is 0 Å². The summed E-state index contributed by atoms with van der Waals surface area (Å²) >= 11 is 1.83. The highest BCUT2D eigenvalue weighted by atomic mass is 127. The maximum Gasteiger partial charge on any atom is 0.191 e. The number of thiophene rings is 1. The van der Waals surface area contributed by atoms with Crippen LogP contribution in [0.4, 0.5) is 0 Å². The number of likely N-dealkylation sites (tertiary alicyclic amines) is 1. The maximum atomic E-state index is 5.56. The van der Waals surface area contributed by atoms with Crippen molar-refractivity contribution >= 4 is 41.3 Å². The quantitative estimate of drug-likeness (QED) is 0.304. The van der Waals surface area contributed by atoms with Crippen molar-refractivity contribution < 1.29 is 4.74 Å². The molecule has 2 aliphatic rings. The molecule has 1 unspecified atom stereocenters. The Balaban J connectivity index is 0.00000289. The second-order valence-corrected chi connectivity index (χ2v) is 9.29. The maximum absolute atomic E-state index is 5.56. The minimum absolute atomic E-state index is 0. The Morgan fingerprint density at radius 3 is 2.50 bits per heavy atom. The molecule has 32 heavy (non-hydrogen) atoms. The first kappa shape index (κ1) is 25.4. The molecule has 8 heteroatoms. The smallest absolute Gasteiger partial charge is 0.191 e. The Morgan fingerprint density at radius 2 is 1.84 bits per heavy atom. The topological polar surface area (TPSA) is 52.1 Å². The predicted octanol–water partition coefficient (Wildman–Crippen LogP) is 3.57. The van der Waals surface area contributed by atoms with Crippen LogP contribution < -0.4 is 10.6 Å². The highest BCUT2D eigenvalue weighted by Crippen LogP contribution is 2.25. The summed E-state index contributed by atoms with van der Waals surface area (Å²) in [7, 11) is 1.87. The van der Waals surface area contributed by atoms with Gasteiger partial charge in [-0.15, -0.1) is 35.3 Å². The van der Waals surface area contributed by atoms with Gasteiger partial charge in [0.1, 0.15) is 0 Å². The number of halogens is 1. The Morgan fingerprint density at radius 1 is 1.09 bits per heavy atom. The summed E-state index contributed by atoms with van der Waals surface area (Å²) in [5.74, 6) is 0.913. The first-order valence-corrected chi connectivity index (χ1v) is 12.3. The van der Waals surface area contributed by atoms with Crippen LogP contribution in [0.2, 0.25) is 0 Å². The fourth-order valence-electron chi connectivity index (χ4n) is 4.44. The van der Waals surface area contributed by atoms with Gasteiger partial charge in [-0.1, -0.05) is 36.4 Å². The molecule has 1 aromatic heterocycles. The molecule has 0 amide bonds. The Hall–Kier alpha value is -1.20. The fourth-order valence-corrected chi connectivity index (χ4v) is 5.30. The van der Waals surface area contributed by atoms with E-state index in [4.69, 9.17) is 4.74 Å². The van der Waals surface area contributed by atoms with Crippen molar-refractivity contribution in [3.05, 3.63) is 58.3 Å². The SMILES string of the molecule is CN=C(NCC(c1cccs1)N1CCOCC1)NC1CCN(Cc2ccccc2)CC1.I. The lowest BCUT2D eigenvalue weighted by Gasteiger charge is -2.35. The minimum Gasteiger partial charge on any atom is -0.379 e. The van der Waals surface area contributed by atoms with E-state index in [9.17, 15) is 0 Å². The second kappa shape index (κ2) is 13.5. The van der Waals surface area contributed by atoms with E-state index in [1.165, 1.54) is 10.4 Å². The average molecular weight is 570 g/mol. The summed E-state index contributed by atoms with van der Waals surface area (Å²) in [5.41, 5.74) is 1.40. The first-order valence-electron chi connectivity index (χ1n) is 11.4. The van der Waals surface area contributed by atoms with E-state index in [-0.39, 0.29) is 24.0 Å². The van der Waals surface area contributed by atoms with Crippen LogP contribution in [0.25, 0.3) is 0 Å². The Kier molecular flexibility index (Phi) is 10.7. The van der Waals surface area contributed by atoms with Crippen molar-refractivity contribution in [2.45, 2.75) is 31.5 Å². The van der Waals surface area contributed by atoms with Crippen LogP contribution in [-0.4, -0.2) is 74.8 Å².